The predicted octanol–water partition coefficient (Wildman–Crippen LogP) is 5.93. The summed E-state index contributed by atoms with van der Waals surface area (Å²) in [5.41, 5.74) is -0.409. The molecule has 0 unspecified atom stereocenters. The van der Waals surface area contributed by atoms with Gasteiger partial charge >= 0.3 is 5.97 Å². The number of hydrogen-bond acceptors (Lipinski definition) is 4. The monoisotopic (exact) mass is 431 g/mol. The maximum atomic E-state index is 12.5. The van der Waals surface area contributed by atoms with Crippen LogP contribution in [0.5, 0.6) is 0 Å². The van der Waals surface area contributed by atoms with Gasteiger partial charge in [0.2, 0.25) is 0 Å². The number of esters is 1. The fourth-order valence-electron chi connectivity index (χ4n) is 8.75. The average Bonchev–Trinajstić information content (AvgIpc) is 2.97. The van der Waals surface area contributed by atoms with Crippen LogP contribution in [0.2, 0.25) is 19.6 Å². The average molecular weight is 432 g/mol. The van der Waals surface area contributed by atoms with E-state index in [-0.39, 0.29) is 22.7 Å². The minimum absolute atomic E-state index is 0.0120. The molecule has 0 aromatic carbocycles. The van der Waals surface area contributed by atoms with Crippen molar-refractivity contribution in [1.82, 2.24) is 0 Å². The highest BCUT2D eigenvalue weighted by Gasteiger charge is 2.67. The van der Waals surface area contributed by atoms with E-state index in [9.17, 15) is 10.1 Å². The number of rotatable bonds is 3. The summed E-state index contributed by atoms with van der Waals surface area (Å²) in [6.45, 7) is 11.5. The number of carbonyl (C=O) groups is 1. The van der Waals surface area contributed by atoms with Crippen molar-refractivity contribution in [2.45, 2.75) is 96.9 Å². The van der Waals surface area contributed by atoms with Crippen LogP contribution in [0.25, 0.3) is 0 Å². The summed E-state index contributed by atoms with van der Waals surface area (Å²) in [4.78, 5) is 12.5. The number of hydrogen-bond donors (Lipinski definition) is 0. The standard InChI is InChI=1S/C25H41NO3Si/c1-23-13-7-8-18(22(27)28-3)19(23)10-9-17-20(23)11-14-24(2)21(17)12-15-25(24,16-26)29-30(4,5)6/h17-21H,7-15H2,1-6H3/t17-,18+,19+,20-,21-,23-,24-,25-/m0/s1. The molecule has 0 radical (unpaired) electrons. The first-order valence-corrected chi connectivity index (χ1v) is 15.6. The second-order valence-electron chi connectivity index (χ2n) is 12.2. The van der Waals surface area contributed by atoms with Gasteiger partial charge in [0.1, 0.15) is 5.60 Å². The summed E-state index contributed by atoms with van der Waals surface area (Å²) in [5.74, 6) is 2.47. The van der Waals surface area contributed by atoms with E-state index < -0.39 is 13.9 Å². The lowest BCUT2D eigenvalue weighted by molar-refractivity contribution is -0.168. The van der Waals surface area contributed by atoms with Crippen molar-refractivity contribution in [3.8, 4) is 6.07 Å². The van der Waals surface area contributed by atoms with Gasteiger partial charge in [-0.3, -0.25) is 4.79 Å². The smallest absolute Gasteiger partial charge is 0.308 e. The molecule has 4 saturated carbocycles. The van der Waals surface area contributed by atoms with Crippen LogP contribution in [-0.2, 0) is 14.0 Å². The zero-order chi connectivity index (χ0) is 21.9. The zero-order valence-electron chi connectivity index (χ0n) is 19.9. The molecule has 0 N–H and O–H groups in total. The molecule has 5 heteroatoms. The van der Waals surface area contributed by atoms with Gasteiger partial charge in [-0.05, 0) is 100 Å². The van der Waals surface area contributed by atoms with Crippen LogP contribution in [0.15, 0.2) is 0 Å². The molecule has 8 atom stereocenters. The molecular formula is C25H41NO3Si. The highest BCUT2D eigenvalue weighted by molar-refractivity contribution is 6.69. The Hall–Kier alpha value is -0.863. The summed E-state index contributed by atoms with van der Waals surface area (Å²) in [6, 6.07) is 2.72. The second kappa shape index (κ2) is 7.34. The quantitative estimate of drug-likeness (QED) is 0.410. The molecule has 4 rings (SSSR count). The molecule has 0 saturated heterocycles. The van der Waals surface area contributed by atoms with Gasteiger partial charge in [-0.1, -0.05) is 20.3 Å². The third kappa shape index (κ3) is 3.12. The van der Waals surface area contributed by atoms with Crippen LogP contribution in [0.3, 0.4) is 0 Å². The van der Waals surface area contributed by atoms with E-state index in [4.69, 9.17) is 9.16 Å². The maximum absolute atomic E-state index is 12.5. The Morgan fingerprint density at radius 2 is 1.67 bits per heavy atom. The Bertz CT molecular complexity index is 742. The fraction of sp³-hybridized carbons (Fsp3) is 0.920. The number of fused-ring (bicyclic) bond motifs is 5. The van der Waals surface area contributed by atoms with E-state index >= 15 is 0 Å². The van der Waals surface area contributed by atoms with Crippen molar-refractivity contribution in [3.05, 3.63) is 0 Å². The number of methoxy groups -OCH3 is 1. The van der Waals surface area contributed by atoms with Crippen LogP contribution in [0, 0.1) is 51.8 Å². The van der Waals surface area contributed by atoms with Crippen LogP contribution in [0.1, 0.15) is 71.6 Å². The van der Waals surface area contributed by atoms with Gasteiger partial charge in [0.05, 0.1) is 19.1 Å². The van der Waals surface area contributed by atoms with E-state index in [0.717, 1.165) is 38.5 Å². The van der Waals surface area contributed by atoms with Crippen molar-refractivity contribution < 1.29 is 14.0 Å². The molecule has 0 aromatic heterocycles. The van der Waals surface area contributed by atoms with Crippen molar-refractivity contribution in [1.29, 1.82) is 5.26 Å². The van der Waals surface area contributed by atoms with Crippen molar-refractivity contribution >= 4 is 14.3 Å². The van der Waals surface area contributed by atoms with E-state index in [1.54, 1.807) is 7.11 Å². The topological polar surface area (TPSA) is 59.3 Å². The van der Waals surface area contributed by atoms with Gasteiger partial charge in [0.15, 0.2) is 8.32 Å². The molecule has 4 fully saturated rings. The first-order chi connectivity index (χ1) is 14.0. The van der Waals surface area contributed by atoms with Crippen molar-refractivity contribution in [2.75, 3.05) is 7.11 Å². The molecule has 30 heavy (non-hydrogen) atoms. The van der Waals surface area contributed by atoms with Crippen molar-refractivity contribution in [2.24, 2.45) is 40.4 Å². The summed E-state index contributed by atoms with van der Waals surface area (Å²) < 4.78 is 11.9. The molecule has 0 bridgehead atoms. The Kier molecular flexibility index (Phi) is 5.46. The Morgan fingerprint density at radius 3 is 2.30 bits per heavy atom. The molecule has 0 aromatic rings. The minimum atomic E-state index is -1.83. The summed E-state index contributed by atoms with van der Waals surface area (Å²) >= 11 is 0. The van der Waals surface area contributed by atoms with Gasteiger partial charge in [0, 0.05) is 5.41 Å². The Morgan fingerprint density at radius 1 is 0.967 bits per heavy atom. The lowest BCUT2D eigenvalue weighted by Crippen LogP contribution is -2.59. The van der Waals surface area contributed by atoms with E-state index in [1.165, 1.54) is 19.3 Å². The molecule has 0 spiro atoms. The molecule has 0 amide bonds. The number of nitrogens with zero attached hydrogens (tertiary/aromatic N) is 1. The SMILES string of the molecule is COC(=O)[C@@H]1CCC[C@@]2(C)[C@@H]1CC[C@H]1[C@@H]2CC[C@@]2(C)[C@H]1CC[C@@]2(C#N)O[Si](C)(C)C. The molecule has 0 heterocycles. The molecule has 4 aliphatic carbocycles. The minimum Gasteiger partial charge on any atom is -0.469 e. The van der Waals surface area contributed by atoms with E-state index in [0.29, 0.717) is 23.7 Å². The summed E-state index contributed by atoms with van der Waals surface area (Å²) in [5, 5.41) is 10.3. The Balaban J connectivity index is 1.64. The second-order valence-corrected chi connectivity index (χ2v) is 16.7. The zero-order valence-corrected chi connectivity index (χ0v) is 20.9. The summed E-state index contributed by atoms with van der Waals surface area (Å²) in [6.07, 6.45) is 9.99. The van der Waals surface area contributed by atoms with Gasteiger partial charge < -0.3 is 9.16 Å². The van der Waals surface area contributed by atoms with Gasteiger partial charge in [0.25, 0.3) is 0 Å². The third-order valence-corrected chi connectivity index (χ3v) is 10.9. The van der Waals surface area contributed by atoms with Crippen LogP contribution in [-0.4, -0.2) is 27.0 Å². The largest absolute Gasteiger partial charge is 0.469 e. The van der Waals surface area contributed by atoms with Crippen LogP contribution < -0.4 is 0 Å². The van der Waals surface area contributed by atoms with Gasteiger partial charge in [-0.2, -0.15) is 5.26 Å². The lowest BCUT2D eigenvalue weighted by Gasteiger charge is -2.62. The summed E-state index contributed by atoms with van der Waals surface area (Å²) in [7, 11) is -0.279. The maximum Gasteiger partial charge on any atom is 0.308 e. The van der Waals surface area contributed by atoms with Gasteiger partial charge in [-0.15, -0.1) is 0 Å². The van der Waals surface area contributed by atoms with Crippen molar-refractivity contribution in [3.63, 3.8) is 0 Å². The lowest BCUT2D eigenvalue weighted by atomic mass is 9.43. The van der Waals surface area contributed by atoms with Gasteiger partial charge in [-0.25, -0.2) is 0 Å². The molecule has 168 valence electrons. The fourth-order valence-corrected chi connectivity index (χ4v) is 10.2. The number of ether oxygens (including phenoxy) is 1. The third-order valence-electron chi connectivity index (χ3n) is 9.94. The first-order valence-electron chi connectivity index (χ1n) is 12.2. The first kappa shape index (κ1) is 22.3. The molecule has 4 nitrogen and oxygen atoms in total. The highest BCUT2D eigenvalue weighted by Crippen LogP contribution is 2.69. The predicted molar refractivity (Wildman–Crippen MR) is 120 cm³/mol. The van der Waals surface area contributed by atoms with Crippen LogP contribution in [0.4, 0.5) is 0 Å². The van der Waals surface area contributed by atoms with Crippen LogP contribution >= 0.6 is 0 Å². The number of carbonyl (C=O) groups excluding carboxylic acids is 1. The van der Waals surface area contributed by atoms with E-state index in [2.05, 4.69) is 39.6 Å². The molecular weight excluding hydrogens is 390 g/mol. The molecule has 4 aliphatic rings. The molecule has 0 aliphatic heterocycles. The Labute approximate surface area is 184 Å². The number of nitriles is 1. The highest BCUT2D eigenvalue weighted by atomic mass is 28.4. The van der Waals surface area contributed by atoms with E-state index in [1.807, 2.05) is 0 Å². The normalized spacial score (nSPS) is 48.1.